The first-order valence-corrected chi connectivity index (χ1v) is 8.57. The summed E-state index contributed by atoms with van der Waals surface area (Å²) in [5.41, 5.74) is 1.92. The van der Waals surface area contributed by atoms with Gasteiger partial charge in [-0.2, -0.15) is 5.10 Å². The Morgan fingerprint density at radius 1 is 1.24 bits per heavy atom. The van der Waals surface area contributed by atoms with Gasteiger partial charge < -0.3 is 10.0 Å². The van der Waals surface area contributed by atoms with Crippen molar-refractivity contribution < 1.29 is 14.7 Å². The number of carboxylic acids is 1. The van der Waals surface area contributed by atoms with Crippen LogP contribution in [0.2, 0.25) is 5.02 Å². The van der Waals surface area contributed by atoms with Gasteiger partial charge in [-0.05, 0) is 43.5 Å². The average Bonchev–Trinajstić information content (AvgIpc) is 2.96. The predicted octanol–water partition coefficient (Wildman–Crippen LogP) is 3.02. The molecule has 6 nitrogen and oxygen atoms in total. The number of piperidine rings is 1. The van der Waals surface area contributed by atoms with E-state index < -0.39 is 11.9 Å². The largest absolute Gasteiger partial charge is 0.481 e. The van der Waals surface area contributed by atoms with Crippen LogP contribution in [0, 0.1) is 18.8 Å². The van der Waals surface area contributed by atoms with Crippen LogP contribution in [-0.4, -0.2) is 44.8 Å². The van der Waals surface area contributed by atoms with E-state index in [1.54, 1.807) is 34.8 Å². The van der Waals surface area contributed by atoms with Gasteiger partial charge in [0.05, 0.1) is 22.9 Å². The number of nitrogens with zero attached hydrogens (tertiary/aromatic N) is 3. The molecule has 7 heteroatoms. The molecule has 1 aromatic carbocycles. The number of halogens is 1. The van der Waals surface area contributed by atoms with Gasteiger partial charge in [0.2, 0.25) is 0 Å². The van der Waals surface area contributed by atoms with E-state index in [0.717, 1.165) is 5.69 Å². The van der Waals surface area contributed by atoms with Gasteiger partial charge in [-0.15, -0.1) is 0 Å². The van der Waals surface area contributed by atoms with Crippen LogP contribution < -0.4 is 0 Å². The summed E-state index contributed by atoms with van der Waals surface area (Å²) < 4.78 is 1.64. The molecule has 132 valence electrons. The SMILES string of the molecule is Cc1nn(-c2ccc(Cl)cc2)cc1C(=O)N1CC(C)CC(C(=O)O)C1. The van der Waals surface area contributed by atoms with Crippen molar-refractivity contribution in [1.29, 1.82) is 0 Å². The van der Waals surface area contributed by atoms with E-state index in [-0.39, 0.29) is 18.4 Å². The fourth-order valence-corrected chi connectivity index (χ4v) is 3.39. The van der Waals surface area contributed by atoms with Crippen molar-refractivity contribution in [2.75, 3.05) is 13.1 Å². The molecule has 1 fully saturated rings. The highest BCUT2D eigenvalue weighted by Gasteiger charge is 2.33. The van der Waals surface area contributed by atoms with Crippen LogP contribution in [0.4, 0.5) is 0 Å². The monoisotopic (exact) mass is 361 g/mol. The molecule has 2 heterocycles. The van der Waals surface area contributed by atoms with E-state index in [1.165, 1.54) is 0 Å². The third-order valence-corrected chi connectivity index (χ3v) is 4.77. The minimum atomic E-state index is -0.849. The number of aromatic nitrogens is 2. The normalized spacial score (nSPS) is 20.5. The molecule has 0 aliphatic carbocycles. The number of likely N-dealkylation sites (tertiary alicyclic amines) is 1. The van der Waals surface area contributed by atoms with Crippen molar-refractivity contribution in [2.45, 2.75) is 20.3 Å². The van der Waals surface area contributed by atoms with E-state index in [0.29, 0.717) is 29.2 Å². The predicted molar refractivity (Wildman–Crippen MR) is 94.1 cm³/mol. The number of benzene rings is 1. The Labute approximate surface area is 151 Å². The summed E-state index contributed by atoms with van der Waals surface area (Å²) in [5, 5.41) is 14.3. The molecule has 3 rings (SSSR count). The maximum Gasteiger partial charge on any atom is 0.308 e. The van der Waals surface area contributed by atoms with Gasteiger partial charge in [-0.1, -0.05) is 18.5 Å². The second-order valence-corrected chi connectivity index (χ2v) is 7.07. The average molecular weight is 362 g/mol. The molecular weight excluding hydrogens is 342 g/mol. The maximum absolute atomic E-state index is 12.9. The Kier molecular flexibility index (Phi) is 4.81. The van der Waals surface area contributed by atoms with Crippen LogP contribution in [0.3, 0.4) is 0 Å². The molecule has 1 amide bonds. The van der Waals surface area contributed by atoms with Crippen LogP contribution in [0.15, 0.2) is 30.5 Å². The molecule has 1 aliphatic heterocycles. The topological polar surface area (TPSA) is 75.4 Å². The maximum atomic E-state index is 12.9. The lowest BCUT2D eigenvalue weighted by atomic mass is 9.90. The molecule has 1 N–H and O–H groups in total. The zero-order valence-electron chi connectivity index (χ0n) is 14.1. The first-order valence-electron chi connectivity index (χ1n) is 8.19. The number of aryl methyl sites for hydroxylation is 1. The molecule has 1 aliphatic rings. The van der Waals surface area contributed by atoms with E-state index >= 15 is 0 Å². The quantitative estimate of drug-likeness (QED) is 0.911. The number of rotatable bonds is 3. The van der Waals surface area contributed by atoms with Crippen LogP contribution in [0.25, 0.3) is 5.69 Å². The van der Waals surface area contributed by atoms with Crippen molar-refractivity contribution in [2.24, 2.45) is 11.8 Å². The summed E-state index contributed by atoms with van der Waals surface area (Å²) in [6.45, 7) is 4.55. The number of carbonyl (C=O) groups is 2. The fourth-order valence-electron chi connectivity index (χ4n) is 3.26. The third-order valence-electron chi connectivity index (χ3n) is 4.52. The molecule has 0 spiro atoms. The second-order valence-electron chi connectivity index (χ2n) is 6.64. The third kappa shape index (κ3) is 3.69. The van der Waals surface area contributed by atoms with Crippen LogP contribution >= 0.6 is 11.6 Å². The highest BCUT2D eigenvalue weighted by atomic mass is 35.5. The number of amides is 1. The van der Waals surface area contributed by atoms with Gasteiger partial charge in [0, 0.05) is 24.3 Å². The summed E-state index contributed by atoms with van der Waals surface area (Å²) in [6, 6.07) is 7.18. The Bertz CT molecular complexity index is 800. The summed E-state index contributed by atoms with van der Waals surface area (Å²) in [5.74, 6) is -1.38. The van der Waals surface area contributed by atoms with Crippen LogP contribution in [-0.2, 0) is 4.79 Å². The van der Waals surface area contributed by atoms with E-state index in [4.69, 9.17) is 11.6 Å². The van der Waals surface area contributed by atoms with Crippen molar-refractivity contribution in [3.8, 4) is 5.69 Å². The standard InChI is InChI=1S/C18H20ClN3O3/c1-11-7-13(18(24)25)9-21(8-11)17(23)16-10-22(20-12(16)2)15-5-3-14(19)4-6-15/h3-6,10-11,13H,7-9H2,1-2H3,(H,24,25). The molecule has 1 aromatic heterocycles. The van der Waals surface area contributed by atoms with E-state index in [1.807, 2.05) is 19.1 Å². The van der Waals surface area contributed by atoms with Gasteiger partial charge in [0.15, 0.2) is 0 Å². The number of carboxylic acid groups (broad SMARTS) is 1. The van der Waals surface area contributed by atoms with Crippen molar-refractivity contribution in [1.82, 2.24) is 14.7 Å². The molecule has 0 saturated carbocycles. The van der Waals surface area contributed by atoms with Gasteiger partial charge in [-0.3, -0.25) is 9.59 Å². The fraction of sp³-hybridized carbons (Fsp3) is 0.389. The van der Waals surface area contributed by atoms with E-state index in [2.05, 4.69) is 5.10 Å². The summed E-state index contributed by atoms with van der Waals surface area (Å²) >= 11 is 5.90. The first-order chi connectivity index (χ1) is 11.8. The highest BCUT2D eigenvalue weighted by molar-refractivity contribution is 6.30. The lowest BCUT2D eigenvalue weighted by Gasteiger charge is -2.34. The summed E-state index contributed by atoms with van der Waals surface area (Å²) in [7, 11) is 0. The number of hydrogen-bond acceptors (Lipinski definition) is 3. The van der Waals surface area contributed by atoms with Crippen molar-refractivity contribution >= 4 is 23.5 Å². The first kappa shape index (κ1) is 17.5. The number of hydrogen-bond donors (Lipinski definition) is 1. The molecule has 0 radical (unpaired) electrons. The van der Waals surface area contributed by atoms with Gasteiger partial charge >= 0.3 is 5.97 Å². The second kappa shape index (κ2) is 6.88. The molecule has 2 aromatic rings. The Morgan fingerprint density at radius 3 is 2.56 bits per heavy atom. The molecule has 25 heavy (non-hydrogen) atoms. The van der Waals surface area contributed by atoms with Crippen molar-refractivity contribution in [3.63, 3.8) is 0 Å². The van der Waals surface area contributed by atoms with E-state index in [9.17, 15) is 14.7 Å². The van der Waals surface area contributed by atoms with Crippen LogP contribution in [0.1, 0.15) is 29.4 Å². The molecule has 1 saturated heterocycles. The van der Waals surface area contributed by atoms with Gasteiger partial charge in [0.1, 0.15) is 0 Å². The Hall–Kier alpha value is -2.34. The smallest absolute Gasteiger partial charge is 0.308 e. The molecular formula is C18H20ClN3O3. The minimum Gasteiger partial charge on any atom is -0.481 e. The lowest BCUT2D eigenvalue weighted by Crippen LogP contribution is -2.45. The Balaban J connectivity index is 1.85. The minimum absolute atomic E-state index is 0.158. The van der Waals surface area contributed by atoms with Crippen LogP contribution in [0.5, 0.6) is 0 Å². The zero-order chi connectivity index (χ0) is 18.1. The Morgan fingerprint density at radius 2 is 1.92 bits per heavy atom. The molecule has 2 atom stereocenters. The van der Waals surface area contributed by atoms with Gasteiger partial charge in [-0.25, -0.2) is 4.68 Å². The summed E-state index contributed by atoms with van der Waals surface area (Å²) in [6.07, 6.45) is 2.29. The molecule has 0 bridgehead atoms. The highest BCUT2D eigenvalue weighted by Crippen LogP contribution is 2.24. The van der Waals surface area contributed by atoms with Crippen molar-refractivity contribution in [3.05, 3.63) is 46.7 Å². The summed E-state index contributed by atoms with van der Waals surface area (Å²) in [4.78, 5) is 25.8. The zero-order valence-corrected chi connectivity index (χ0v) is 14.9. The van der Waals surface area contributed by atoms with Gasteiger partial charge in [0.25, 0.3) is 5.91 Å². The number of carbonyl (C=O) groups excluding carboxylic acids is 1. The lowest BCUT2D eigenvalue weighted by molar-refractivity contribution is -0.143. The molecule has 2 unspecified atom stereocenters. The number of aliphatic carboxylic acids is 1.